The summed E-state index contributed by atoms with van der Waals surface area (Å²) in [7, 11) is 0. The summed E-state index contributed by atoms with van der Waals surface area (Å²) in [6.07, 6.45) is 1.20. The van der Waals surface area contributed by atoms with Crippen molar-refractivity contribution in [3.05, 3.63) is 76.2 Å². The fraction of sp³-hybridized carbons (Fsp3) is 0.111. The summed E-state index contributed by atoms with van der Waals surface area (Å²) in [5.41, 5.74) is -1.05. The number of aromatic nitrogens is 2. The minimum Gasteiger partial charge on any atom is -0.484 e. The van der Waals surface area contributed by atoms with Gasteiger partial charge in [-0.25, -0.2) is 22.0 Å². The number of benzene rings is 2. The molecule has 5 nitrogen and oxygen atoms in total. The molecule has 0 fully saturated rings. The lowest BCUT2D eigenvalue weighted by Gasteiger charge is -2.08. The van der Waals surface area contributed by atoms with Crippen LogP contribution in [0.2, 0.25) is 5.02 Å². The summed E-state index contributed by atoms with van der Waals surface area (Å²) in [4.78, 5) is 11.9. The average Bonchev–Trinajstić information content (AvgIpc) is 3.14. The topological polar surface area (TPSA) is 56.1 Å². The Morgan fingerprint density at radius 3 is 2.17 bits per heavy atom. The monoisotopic (exact) mass is 431 g/mol. The van der Waals surface area contributed by atoms with E-state index in [1.165, 1.54) is 12.3 Å². The van der Waals surface area contributed by atoms with Crippen LogP contribution in [-0.4, -0.2) is 22.3 Å². The van der Waals surface area contributed by atoms with Crippen molar-refractivity contribution in [2.45, 2.75) is 6.54 Å². The van der Waals surface area contributed by atoms with E-state index in [1.807, 2.05) is 0 Å². The van der Waals surface area contributed by atoms with Crippen molar-refractivity contribution in [1.82, 2.24) is 9.78 Å². The Morgan fingerprint density at radius 1 is 0.966 bits per heavy atom. The second kappa shape index (κ2) is 8.48. The van der Waals surface area contributed by atoms with Crippen LogP contribution < -0.4 is 10.1 Å². The van der Waals surface area contributed by atoms with Crippen LogP contribution in [0.1, 0.15) is 5.56 Å². The zero-order valence-corrected chi connectivity index (χ0v) is 15.1. The highest BCUT2D eigenvalue weighted by Crippen LogP contribution is 2.24. The molecule has 0 saturated carbocycles. The van der Waals surface area contributed by atoms with E-state index in [9.17, 15) is 26.7 Å². The second-order valence-corrected chi connectivity index (χ2v) is 6.17. The largest absolute Gasteiger partial charge is 0.484 e. The minimum absolute atomic E-state index is 0.00132. The molecular formula is C18H11ClF5N3O2. The number of nitrogens with zero attached hydrogens (tertiary/aromatic N) is 2. The van der Waals surface area contributed by atoms with E-state index in [4.69, 9.17) is 16.3 Å². The van der Waals surface area contributed by atoms with Gasteiger partial charge in [0.1, 0.15) is 5.75 Å². The van der Waals surface area contributed by atoms with Gasteiger partial charge in [0.15, 0.2) is 35.7 Å². The van der Waals surface area contributed by atoms with Gasteiger partial charge in [-0.1, -0.05) is 11.6 Å². The highest BCUT2D eigenvalue weighted by atomic mass is 35.5. The van der Waals surface area contributed by atoms with Crippen LogP contribution in [0.5, 0.6) is 5.75 Å². The number of hydrogen-bond donors (Lipinski definition) is 1. The zero-order chi connectivity index (χ0) is 21.1. The summed E-state index contributed by atoms with van der Waals surface area (Å²) in [5, 5.41) is 6.69. The first kappa shape index (κ1) is 20.6. The van der Waals surface area contributed by atoms with Gasteiger partial charge in [0, 0.05) is 17.3 Å². The number of ether oxygens (including phenoxy) is 1. The molecule has 0 spiro atoms. The van der Waals surface area contributed by atoms with Crippen molar-refractivity contribution in [1.29, 1.82) is 0 Å². The maximum atomic E-state index is 13.7. The quantitative estimate of drug-likeness (QED) is 0.360. The molecule has 1 amide bonds. The summed E-state index contributed by atoms with van der Waals surface area (Å²) in [5.74, 6) is -10.4. The molecule has 1 N–H and O–H groups in total. The van der Waals surface area contributed by atoms with Gasteiger partial charge in [-0.3, -0.25) is 9.48 Å². The molecule has 0 aliphatic rings. The van der Waals surface area contributed by atoms with E-state index >= 15 is 0 Å². The Bertz CT molecular complexity index is 1030. The minimum atomic E-state index is -2.24. The Kier molecular flexibility index (Phi) is 6.02. The maximum Gasteiger partial charge on any atom is 0.263 e. The first-order valence-corrected chi connectivity index (χ1v) is 8.36. The van der Waals surface area contributed by atoms with Crippen molar-refractivity contribution in [2.75, 3.05) is 11.9 Å². The molecule has 0 radical (unpaired) electrons. The Balaban J connectivity index is 1.64. The number of carbonyl (C=O) groups excluding carboxylic acids is 1. The Labute approximate surface area is 165 Å². The number of amides is 1. The predicted octanol–water partition coefficient (Wildman–Crippen LogP) is 4.30. The van der Waals surface area contributed by atoms with Crippen LogP contribution in [-0.2, 0) is 11.3 Å². The van der Waals surface area contributed by atoms with E-state index in [0.29, 0.717) is 10.8 Å². The number of rotatable bonds is 6. The molecular weight excluding hydrogens is 421 g/mol. The number of nitrogens with one attached hydrogen (secondary N) is 1. The molecule has 0 saturated heterocycles. The van der Waals surface area contributed by atoms with Crippen molar-refractivity contribution in [3.8, 4) is 5.75 Å². The van der Waals surface area contributed by atoms with E-state index in [0.717, 1.165) is 4.68 Å². The van der Waals surface area contributed by atoms with Gasteiger partial charge in [-0.2, -0.15) is 5.10 Å². The van der Waals surface area contributed by atoms with Crippen LogP contribution in [0.4, 0.5) is 27.8 Å². The van der Waals surface area contributed by atoms with Gasteiger partial charge >= 0.3 is 0 Å². The van der Waals surface area contributed by atoms with Crippen molar-refractivity contribution < 1.29 is 31.5 Å². The van der Waals surface area contributed by atoms with E-state index in [-0.39, 0.29) is 12.4 Å². The lowest BCUT2D eigenvalue weighted by Crippen LogP contribution is -2.20. The van der Waals surface area contributed by atoms with Crippen LogP contribution in [0, 0.1) is 29.1 Å². The van der Waals surface area contributed by atoms with Gasteiger partial charge in [-0.15, -0.1) is 0 Å². The highest BCUT2D eigenvalue weighted by molar-refractivity contribution is 6.30. The molecule has 0 aliphatic carbocycles. The predicted molar refractivity (Wildman–Crippen MR) is 93.1 cm³/mol. The summed E-state index contributed by atoms with van der Waals surface area (Å²) < 4.78 is 73.2. The van der Waals surface area contributed by atoms with Gasteiger partial charge < -0.3 is 10.1 Å². The van der Waals surface area contributed by atoms with Gasteiger partial charge in [0.25, 0.3) is 5.91 Å². The fourth-order valence-electron chi connectivity index (χ4n) is 2.33. The maximum absolute atomic E-state index is 13.7. The molecule has 2 aromatic carbocycles. The van der Waals surface area contributed by atoms with Gasteiger partial charge in [0.2, 0.25) is 5.82 Å². The number of halogens is 6. The molecule has 0 bridgehead atoms. The van der Waals surface area contributed by atoms with Crippen molar-refractivity contribution >= 4 is 23.3 Å². The average molecular weight is 432 g/mol. The second-order valence-electron chi connectivity index (χ2n) is 5.74. The normalized spacial score (nSPS) is 10.8. The summed E-state index contributed by atoms with van der Waals surface area (Å²) >= 11 is 5.73. The van der Waals surface area contributed by atoms with Crippen LogP contribution in [0.3, 0.4) is 0 Å². The summed E-state index contributed by atoms with van der Waals surface area (Å²) in [6.45, 7) is -1.09. The third-order valence-corrected chi connectivity index (χ3v) is 3.96. The van der Waals surface area contributed by atoms with Crippen LogP contribution >= 0.6 is 11.6 Å². The molecule has 0 aliphatic heterocycles. The van der Waals surface area contributed by atoms with E-state index < -0.39 is 47.1 Å². The van der Waals surface area contributed by atoms with Crippen LogP contribution in [0.25, 0.3) is 0 Å². The molecule has 3 aromatic rings. The molecule has 0 atom stereocenters. The molecule has 0 unspecified atom stereocenters. The standard InChI is InChI=1S/C18H11ClF5N3O2/c19-9-1-3-10(4-2-9)29-8-13(28)25-12-5-6-27(26-12)7-11-14(20)16(22)18(24)17(23)15(11)21/h1-6H,7-8H2,(H,25,26,28). The van der Waals surface area contributed by atoms with Crippen LogP contribution in [0.15, 0.2) is 36.5 Å². The molecule has 29 heavy (non-hydrogen) atoms. The number of anilines is 1. The SMILES string of the molecule is O=C(COc1ccc(Cl)cc1)Nc1ccn(Cc2c(F)c(F)c(F)c(F)c2F)n1. The Morgan fingerprint density at radius 2 is 1.55 bits per heavy atom. The van der Waals surface area contributed by atoms with E-state index in [2.05, 4.69) is 10.4 Å². The zero-order valence-electron chi connectivity index (χ0n) is 14.4. The fourth-order valence-corrected chi connectivity index (χ4v) is 2.45. The molecule has 11 heteroatoms. The molecule has 152 valence electrons. The molecule has 1 aromatic heterocycles. The lowest BCUT2D eigenvalue weighted by molar-refractivity contribution is -0.118. The summed E-state index contributed by atoms with van der Waals surface area (Å²) in [6, 6.07) is 7.57. The van der Waals surface area contributed by atoms with E-state index in [1.54, 1.807) is 24.3 Å². The highest BCUT2D eigenvalue weighted by Gasteiger charge is 2.25. The molecule has 3 rings (SSSR count). The first-order chi connectivity index (χ1) is 13.8. The van der Waals surface area contributed by atoms with Crippen molar-refractivity contribution in [2.24, 2.45) is 0 Å². The third kappa shape index (κ3) is 4.65. The van der Waals surface area contributed by atoms with Crippen molar-refractivity contribution in [3.63, 3.8) is 0 Å². The first-order valence-electron chi connectivity index (χ1n) is 7.98. The van der Waals surface area contributed by atoms with Gasteiger partial charge in [-0.05, 0) is 24.3 Å². The third-order valence-electron chi connectivity index (χ3n) is 3.71. The molecule has 1 heterocycles. The number of carbonyl (C=O) groups is 1. The number of hydrogen-bond acceptors (Lipinski definition) is 3. The lowest BCUT2D eigenvalue weighted by atomic mass is 10.1. The smallest absolute Gasteiger partial charge is 0.263 e. The van der Waals surface area contributed by atoms with Gasteiger partial charge in [0.05, 0.1) is 12.1 Å². The Hall–Kier alpha value is -3.14.